The lowest BCUT2D eigenvalue weighted by atomic mass is 10.1. The lowest BCUT2D eigenvalue weighted by Crippen LogP contribution is -2.12. The van der Waals surface area contributed by atoms with E-state index in [2.05, 4.69) is 27.7 Å². The third kappa shape index (κ3) is 3.57. The molecule has 0 saturated carbocycles. The number of carbonyl (C=O) groups excluding carboxylic acids is 1. The Kier molecular flexibility index (Phi) is 4.62. The van der Waals surface area contributed by atoms with Crippen molar-refractivity contribution in [1.82, 2.24) is 9.78 Å². The topological polar surface area (TPSA) is 121 Å². The molecule has 0 bridgehead atoms. The van der Waals surface area contributed by atoms with Crippen molar-refractivity contribution in [2.75, 3.05) is 5.73 Å². The van der Waals surface area contributed by atoms with E-state index in [1.165, 1.54) is 35.1 Å². The van der Waals surface area contributed by atoms with Crippen LogP contribution in [0.1, 0.15) is 15.9 Å². The van der Waals surface area contributed by atoms with Crippen LogP contribution in [0.15, 0.2) is 59.6 Å². The van der Waals surface area contributed by atoms with Crippen molar-refractivity contribution in [1.29, 1.82) is 0 Å². The average molecular weight is 468 g/mol. The molecule has 0 aliphatic carbocycles. The lowest BCUT2D eigenvalue weighted by Gasteiger charge is -2.06. The van der Waals surface area contributed by atoms with Gasteiger partial charge in [0.2, 0.25) is 10.0 Å². The number of rotatable bonds is 4. The predicted octanol–water partition coefficient (Wildman–Crippen LogP) is 1.94. The van der Waals surface area contributed by atoms with E-state index in [1.807, 2.05) is 6.07 Å². The molecule has 0 radical (unpaired) electrons. The largest absolute Gasteiger partial charge is 0.383 e. The van der Waals surface area contributed by atoms with E-state index in [9.17, 15) is 13.2 Å². The average Bonchev–Trinajstić information content (AvgIpc) is 2.95. The van der Waals surface area contributed by atoms with Gasteiger partial charge in [-0.15, -0.1) is 0 Å². The monoisotopic (exact) mass is 468 g/mol. The highest BCUT2D eigenvalue weighted by Gasteiger charge is 2.18. The van der Waals surface area contributed by atoms with Gasteiger partial charge in [0.25, 0.3) is 0 Å². The molecule has 0 unspecified atom stereocenters. The highest BCUT2D eigenvalue weighted by molar-refractivity contribution is 14.1. The van der Waals surface area contributed by atoms with Gasteiger partial charge in [-0.1, -0.05) is 12.1 Å². The van der Waals surface area contributed by atoms with Crippen molar-refractivity contribution in [2.24, 2.45) is 5.14 Å². The molecular formula is C16H13IN4O3S. The molecule has 0 atom stereocenters. The Balaban J connectivity index is 1.97. The Bertz CT molecular complexity index is 1060. The van der Waals surface area contributed by atoms with Crippen LogP contribution >= 0.6 is 22.6 Å². The van der Waals surface area contributed by atoms with Crippen LogP contribution in [0.3, 0.4) is 0 Å². The number of hydrogen-bond donors (Lipinski definition) is 2. The first-order valence-corrected chi connectivity index (χ1v) is 9.67. The van der Waals surface area contributed by atoms with Gasteiger partial charge in [-0.2, -0.15) is 5.10 Å². The molecule has 0 saturated heterocycles. The van der Waals surface area contributed by atoms with Gasteiger partial charge in [0.1, 0.15) is 5.82 Å². The third-order valence-electron chi connectivity index (χ3n) is 3.55. The predicted molar refractivity (Wildman–Crippen MR) is 102 cm³/mol. The zero-order chi connectivity index (χ0) is 18.2. The van der Waals surface area contributed by atoms with Crippen LogP contribution in [0.4, 0.5) is 5.82 Å². The number of aromatic nitrogens is 2. The first-order valence-electron chi connectivity index (χ1n) is 7.04. The van der Waals surface area contributed by atoms with E-state index in [1.54, 1.807) is 18.2 Å². The second-order valence-electron chi connectivity index (χ2n) is 5.23. The summed E-state index contributed by atoms with van der Waals surface area (Å²) in [6.07, 6.45) is 1.39. The first kappa shape index (κ1) is 17.6. The minimum absolute atomic E-state index is 0.0165. The Labute approximate surface area is 157 Å². The van der Waals surface area contributed by atoms with Crippen molar-refractivity contribution in [2.45, 2.75) is 4.90 Å². The van der Waals surface area contributed by atoms with E-state index < -0.39 is 10.0 Å². The minimum atomic E-state index is -3.78. The van der Waals surface area contributed by atoms with E-state index in [4.69, 9.17) is 10.9 Å². The van der Waals surface area contributed by atoms with Gasteiger partial charge in [-0.05, 0) is 59.0 Å². The fourth-order valence-electron chi connectivity index (χ4n) is 2.30. The normalized spacial score (nSPS) is 11.4. The van der Waals surface area contributed by atoms with Gasteiger partial charge in [-0.25, -0.2) is 18.2 Å². The summed E-state index contributed by atoms with van der Waals surface area (Å²) in [5, 5.41) is 9.21. The summed E-state index contributed by atoms with van der Waals surface area (Å²) in [5.41, 5.74) is 7.38. The summed E-state index contributed by atoms with van der Waals surface area (Å²) in [4.78, 5) is 12.6. The summed E-state index contributed by atoms with van der Waals surface area (Å²) in [5.74, 6) is -0.0596. The first-order chi connectivity index (χ1) is 11.8. The van der Waals surface area contributed by atoms with Crippen molar-refractivity contribution >= 4 is 44.2 Å². The van der Waals surface area contributed by atoms with Gasteiger partial charge in [0, 0.05) is 9.13 Å². The van der Waals surface area contributed by atoms with E-state index >= 15 is 0 Å². The molecule has 1 heterocycles. The highest BCUT2D eigenvalue weighted by Crippen LogP contribution is 2.22. The molecule has 2 aromatic carbocycles. The van der Waals surface area contributed by atoms with Crippen LogP contribution in [0.2, 0.25) is 0 Å². The van der Waals surface area contributed by atoms with Gasteiger partial charge in [0.05, 0.1) is 22.3 Å². The molecule has 0 aliphatic rings. The Hall–Kier alpha value is -2.24. The molecular weight excluding hydrogens is 455 g/mol. The number of halogens is 1. The van der Waals surface area contributed by atoms with Crippen LogP contribution in [0.5, 0.6) is 0 Å². The number of benzene rings is 2. The van der Waals surface area contributed by atoms with Crippen molar-refractivity contribution in [3.63, 3.8) is 0 Å². The maximum Gasteiger partial charge on any atom is 0.238 e. The summed E-state index contributed by atoms with van der Waals surface area (Å²) < 4.78 is 24.9. The van der Waals surface area contributed by atoms with E-state index in [-0.39, 0.29) is 22.1 Å². The zero-order valence-corrected chi connectivity index (χ0v) is 15.7. The number of primary sulfonamides is 1. The number of hydrogen-bond acceptors (Lipinski definition) is 5. The Morgan fingerprint density at radius 3 is 2.40 bits per heavy atom. The van der Waals surface area contributed by atoms with E-state index in [0.717, 1.165) is 3.57 Å². The molecule has 0 amide bonds. The quantitative estimate of drug-likeness (QED) is 0.448. The Morgan fingerprint density at radius 1 is 1.12 bits per heavy atom. The lowest BCUT2D eigenvalue weighted by molar-refractivity contribution is 0.103. The molecule has 3 aromatic rings. The molecule has 9 heteroatoms. The molecule has 25 heavy (non-hydrogen) atoms. The molecule has 128 valence electrons. The molecule has 0 spiro atoms. The van der Waals surface area contributed by atoms with Crippen molar-refractivity contribution in [3.8, 4) is 5.69 Å². The summed E-state index contributed by atoms with van der Waals surface area (Å²) in [6.45, 7) is 0. The number of anilines is 1. The summed E-state index contributed by atoms with van der Waals surface area (Å²) >= 11 is 2.13. The number of ketones is 1. The van der Waals surface area contributed by atoms with Crippen LogP contribution in [0, 0.1) is 3.57 Å². The fraction of sp³-hybridized carbons (Fsp3) is 0. The molecule has 1 aromatic heterocycles. The Morgan fingerprint density at radius 2 is 1.80 bits per heavy atom. The summed E-state index contributed by atoms with van der Waals surface area (Å²) in [7, 11) is -3.78. The second kappa shape index (κ2) is 6.58. The third-order valence-corrected chi connectivity index (χ3v) is 5.15. The maximum absolute atomic E-state index is 12.6. The molecule has 0 aliphatic heterocycles. The molecule has 0 fully saturated rings. The van der Waals surface area contributed by atoms with Crippen LogP contribution < -0.4 is 10.9 Å². The highest BCUT2D eigenvalue weighted by atomic mass is 127. The van der Waals surface area contributed by atoms with Crippen LogP contribution in [-0.2, 0) is 10.0 Å². The number of nitrogens with two attached hydrogens (primary N) is 2. The smallest absolute Gasteiger partial charge is 0.238 e. The standard InChI is InChI=1S/C16H13IN4O3S/c17-11-3-1-2-10(8-11)15(22)14-9-20-21(16(14)18)12-4-6-13(7-5-12)25(19,23)24/h1-9H,18H2,(H2,19,23,24). The van der Waals surface area contributed by atoms with Gasteiger partial charge < -0.3 is 5.73 Å². The van der Waals surface area contributed by atoms with Crippen molar-refractivity contribution < 1.29 is 13.2 Å². The molecule has 4 N–H and O–H groups in total. The number of sulfonamides is 1. The SMILES string of the molecule is Nc1c(C(=O)c2cccc(I)c2)cnn1-c1ccc(S(N)(=O)=O)cc1. The van der Waals surface area contributed by atoms with Crippen LogP contribution in [-0.4, -0.2) is 24.0 Å². The number of carbonyl (C=O) groups is 1. The van der Waals surface area contributed by atoms with Gasteiger partial charge in [-0.3, -0.25) is 4.79 Å². The van der Waals surface area contributed by atoms with Gasteiger partial charge in [0.15, 0.2) is 5.78 Å². The van der Waals surface area contributed by atoms with Crippen LogP contribution in [0.25, 0.3) is 5.69 Å². The van der Waals surface area contributed by atoms with E-state index in [0.29, 0.717) is 11.3 Å². The molecule has 7 nitrogen and oxygen atoms in total. The molecule has 3 rings (SSSR count). The number of nitrogens with zero attached hydrogens (tertiary/aromatic N) is 2. The van der Waals surface area contributed by atoms with Crippen molar-refractivity contribution in [3.05, 3.63) is 69.4 Å². The fourth-order valence-corrected chi connectivity index (χ4v) is 3.36. The zero-order valence-electron chi connectivity index (χ0n) is 12.8. The number of nitrogen functional groups attached to an aromatic ring is 1. The summed E-state index contributed by atoms with van der Waals surface area (Å²) in [6, 6.07) is 12.9. The maximum atomic E-state index is 12.6. The van der Waals surface area contributed by atoms with Gasteiger partial charge >= 0.3 is 0 Å². The minimum Gasteiger partial charge on any atom is -0.383 e. The second-order valence-corrected chi connectivity index (χ2v) is 8.04.